The summed E-state index contributed by atoms with van der Waals surface area (Å²) in [5, 5.41) is 24.6. The summed E-state index contributed by atoms with van der Waals surface area (Å²) in [5.74, 6) is -0.681. The molecule has 7 nitrogen and oxygen atoms in total. The molecule has 0 radical (unpaired) electrons. The second-order valence-corrected chi connectivity index (χ2v) is 7.33. The molecule has 0 saturated carbocycles. The van der Waals surface area contributed by atoms with Crippen LogP contribution in [0.25, 0.3) is 11.1 Å². The van der Waals surface area contributed by atoms with E-state index in [0.717, 1.165) is 30.0 Å². The van der Waals surface area contributed by atoms with Crippen LogP contribution in [-0.4, -0.2) is 19.7 Å². The van der Waals surface area contributed by atoms with Gasteiger partial charge in [-0.25, -0.2) is 9.37 Å². The van der Waals surface area contributed by atoms with Gasteiger partial charge in [0.1, 0.15) is 34.0 Å². The Hall–Kier alpha value is -3.46. The smallest absolute Gasteiger partial charge is 0.258 e. The van der Waals surface area contributed by atoms with Crippen molar-refractivity contribution >= 4 is 17.4 Å². The van der Waals surface area contributed by atoms with Crippen LogP contribution in [0.2, 0.25) is 0 Å². The largest absolute Gasteiger partial charge is 0.433 e. The number of benzene rings is 1. The molecular weight excluding hydrogens is 438 g/mol. The molecule has 0 aliphatic heterocycles. The third-order valence-electron chi connectivity index (χ3n) is 4.39. The number of nitrogens with zero attached hydrogens (tertiary/aromatic N) is 5. The van der Waals surface area contributed by atoms with Crippen LogP contribution in [0.5, 0.6) is 0 Å². The first-order chi connectivity index (χ1) is 14.5. The molecule has 31 heavy (non-hydrogen) atoms. The molecule has 0 amide bonds. The Morgan fingerprint density at radius 3 is 2.42 bits per heavy atom. The Morgan fingerprint density at radius 2 is 1.90 bits per heavy atom. The quantitative estimate of drug-likeness (QED) is 0.227. The van der Waals surface area contributed by atoms with Crippen molar-refractivity contribution in [1.29, 1.82) is 5.26 Å². The molecule has 0 unspecified atom stereocenters. The van der Waals surface area contributed by atoms with Gasteiger partial charge in [0.2, 0.25) is 0 Å². The molecule has 160 valence electrons. The highest BCUT2D eigenvalue weighted by Crippen LogP contribution is 2.37. The molecule has 2 heterocycles. The molecule has 1 aromatic carbocycles. The van der Waals surface area contributed by atoms with Gasteiger partial charge in [0.05, 0.1) is 16.4 Å². The standard InChI is InChI=1S/C19H13F4N5O2S/c1-10-17(28(29)30)11(2)27(26-10)9-31-18-15(8-24)14(7-16(25-18)19(21,22)23)12-3-5-13(20)6-4-12/h3-7H,9H2,1-2H3. The van der Waals surface area contributed by atoms with Gasteiger partial charge in [-0.1, -0.05) is 23.9 Å². The van der Waals surface area contributed by atoms with Crippen LogP contribution in [0.3, 0.4) is 0 Å². The van der Waals surface area contributed by atoms with Crippen LogP contribution < -0.4 is 0 Å². The lowest BCUT2D eigenvalue weighted by molar-refractivity contribution is -0.386. The van der Waals surface area contributed by atoms with Gasteiger partial charge in [-0.3, -0.25) is 14.8 Å². The van der Waals surface area contributed by atoms with E-state index >= 15 is 0 Å². The topological polar surface area (TPSA) is 97.6 Å². The van der Waals surface area contributed by atoms with Crippen LogP contribution in [0.4, 0.5) is 23.2 Å². The van der Waals surface area contributed by atoms with Crippen molar-refractivity contribution in [2.75, 3.05) is 0 Å². The summed E-state index contributed by atoms with van der Waals surface area (Å²) >= 11 is 0.785. The van der Waals surface area contributed by atoms with Crippen molar-refractivity contribution in [3.05, 3.63) is 68.9 Å². The van der Waals surface area contributed by atoms with Gasteiger partial charge in [-0.2, -0.15) is 23.5 Å². The predicted octanol–water partition coefficient (Wildman–Crippen LogP) is 5.25. The first kappa shape index (κ1) is 22.2. The van der Waals surface area contributed by atoms with Gasteiger partial charge in [0, 0.05) is 5.56 Å². The number of halogens is 4. The average molecular weight is 451 g/mol. The van der Waals surface area contributed by atoms with Crippen LogP contribution in [0.15, 0.2) is 35.4 Å². The van der Waals surface area contributed by atoms with Gasteiger partial charge in [-0.15, -0.1) is 0 Å². The summed E-state index contributed by atoms with van der Waals surface area (Å²) in [6.07, 6.45) is -4.78. The Kier molecular flexibility index (Phi) is 5.99. The van der Waals surface area contributed by atoms with E-state index in [1.807, 2.05) is 6.07 Å². The molecule has 0 N–H and O–H groups in total. The number of aryl methyl sites for hydroxylation is 1. The number of hydrogen-bond acceptors (Lipinski definition) is 6. The van der Waals surface area contributed by atoms with Gasteiger partial charge in [-0.05, 0) is 37.6 Å². The van der Waals surface area contributed by atoms with E-state index < -0.39 is 22.6 Å². The minimum Gasteiger partial charge on any atom is -0.258 e. The number of nitriles is 1. The number of hydrogen-bond donors (Lipinski definition) is 0. The minimum atomic E-state index is -4.78. The van der Waals surface area contributed by atoms with Crippen LogP contribution >= 0.6 is 11.8 Å². The van der Waals surface area contributed by atoms with E-state index in [1.165, 1.54) is 30.7 Å². The van der Waals surface area contributed by atoms with E-state index in [0.29, 0.717) is 0 Å². The summed E-state index contributed by atoms with van der Waals surface area (Å²) < 4.78 is 54.8. The molecule has 0 bridgehead atoms. The second-order valence-electron chi connectivity index (χ2n) is 6.40. The van der Waals surface area contributed by atoms with Crippen LogP contribution in [-0.2, 0) is 12.1 Å². The summed E-state index contributed by atoms with van der Waals surface area (Å²) in [6.45, 7) is 2.91. The fourth-order valence-corrected chi connectivity index (χ4v) is 3.89. The molecule has 0 saturated heterocycles. The van der Waals surface area contributed by atoms with E-state index in [4.69, 9.17) is 0 Å². The van der Waals surface area contributed by atoms with Gasteiger partial charge < -0.3 is 0 Å². The van der Waals surface area contributed by atoms with Crippen LogP contribution in [0.1, 0.15) is 22.6 Å². The van der Waals surface area contributed by atoms with E-state index in [9.17, 15) is 32.9 Å². The Labute approximate surface area is 177 Å². The summed E-state index contributed by atoms with van der Waals surface area (Å²) in [6, 6.07) is 7.29. The van der Waals surface area contributed by atoms with E-state index in [2.05, 4.69) is 10.1 Å². The summed E-state index contributed by atoms with van der Waals surface area (Å²) in [7, 11) is 0. The minimum absolute atomic E-state index is 0.0494. The number of rotatable bonds is 5. The Bertz CT molecular complexity index is 1200. The fraction of sp³-hybridized carbons (Fsp3) is 0.211. The summed E-state index contributed by atoms with van der Waals surface area (Å²) in [5.41, 5.74) is -0.980. The molecule has 0 spiro atoms. The SMILES string of the molecule is Cc1nn(CSc2nc(C(F)(F)F)cc(-c3ccc(F)cc3)c2C#N)c(C)c1[N+](=O)[O-]. The maximum Gasteiger partial charge on any atom is 0.433 e. The molecule has 0 aliphatic rings. The Morgan fingerprint density at radius 1 is 1.26 bits per heavy atom. The fourth-order valence-electron chi connectivity index (χ4n) is 2.94. The molecule has 3 rings (SSSR count). The molecular formula is C19H13F4N5O2S. The first-order valence-electron chi connectivity index (χ1n) is 8.62. The highest BCUT2D eigenvalue weighted by Gasteiger charge is 2.34. The number of aromatic nitrogens is 3. The maximum atomic E-state index is 13.4. The third-order valence-corrected chi connectivity index (χ3v) is 5.34. The van der Waals surface area contributed by atoms with Crippen molar-refractivity contribution in [3.63, 3.8) is 0 Å². The molecule has 12 heteroatoms. The molecule has 0 aliphatic carbocycles. The first-order valence-corrected chi connectivity index (χ1v) is 9.61. The van der Waals surface area contributed by atoms with Gasteiger partial charge in [0.25, 0.3) is 0 Å². The lowest BCUT2D eigenvalue weighted by Gasteiger charge is -2.14. The zero-order valence-electron chi connectivity index (χ0n) is 16.1. The van der Waals surface area contributed by atoms with E-state index in [-0.39, 0.29) is 44.7 Å². The van der Waals surface area contributed by atoms with Crippen molar-refractivity contribution in [2.45, 2.75) is 30.9 Å². The monoisotopic (exact) mass is 451 g/mol. The van der Waals surface area contributed by atoms with Crippen molar-refractivity contribution < 1.29 is 22.5 Å². The number of thioether (sulfide) groups is 1. The number of alkyl halides is 3. The molecule has 0 atom stereocenters. The highest BCUT2D eigenvalue weighted by atomic mass is 32.2. The van der Waals surface area contributed by atoms with E-state index in [1.54, 1.807) is 0 Å². The zero-order valence-corrected chi connectivity index (χ0v) is 16.9. The van der Waals surface area contributed by atoms with Crippen molar-refractivity contribution in [3.8, 4) is 17.2 Å². The highest BCUT2D eigenvalue weighted by molar-refractivity contribution is 7.98. The van der Waals surface area contributed by atoms with Crippen molar-refractivity contribution in [2.24, 2.45) is 0 Å². The maximum absolute atomic E-state index is 13.4. The third kappa shape index (κ3) is 4.51. The lowest BCUT2D eigenvalue weighted by atomic mass is 10.0. The van der Waals surface area contributed by atoms with Crippen LogP contribution in [0, 0.1) is 41.1 Å². The van der Waals surface area contributed by atoms with Gasteiger partial charge in [0.15, 0.2) is 0 Å². The van der Waals surface area contributed by atoms with Gasteiger partial charge >= 0.3 is 11.9 Å². The number of nitro groups is 1. The molecule has 2 aromatic heterocycles. The summed E-state index contributed by atoms with van der Waals surface area (Å²) in [4.78, 5) is 14.2. The normalized spacial score (nSPS) is 11.4. The zero-order chi connectivity index (χ0) is 22.9. The molecule has 0 fully saturated rings. The number of pyridine rings is 1. The average Bonchev–Trinajstić information content (AvgIpc) is 2.98. The predicted molar refractivity (Wildman–Crippen MR) is 104 cm³/mol. The Balaban J connectivity index is 2.08. The molecule has 3 aromatic rings. The second kappa shape index (κ2) is 8.35. The lowest BCUT2D eigenvalue weighted by Crippen LogP contribution is -2.11. The van der Waals surface area contributed by atoms with Crippen molar-refractivity contribution in [1.82, 2.24) is 14.8 Å².